The molecule has 1 aromatic carbocycles. The lowest BCUT2D eigenvalue weighted by Gasteiger charge is -2.22. The van der Waals surface area contributed by atoms with Crippen LogP contribution in [0.4, 0.5) is 0 Å². The summed E-state index contributed by atoms with van der Waals surface area (Å²) in [5.41, 5.74) is 1.19. The van der Waals surface area contributed by atoms with Gasteiger partial charge in [-0.2, -0.15) is 0 Å². The van der Waals surface area contributed by atoms with Gasteiger partial charge in [0.1, 0.15) is 12.4 Å². The van der Waals surface area contributed by atoms with Crippen molar-refractivity contribution in [3.63, 3.8) is 0 Å². The normalized spacial score (nSPS) is 11.6. The van der Waals surface area contributed by atoms with E-state index in [0.717, 1.165) is 49.3 Å². The number of guanidine groups is 1. The van der Waals surface area contributed by atoms with Crippen LogP contribution in [0.3, 0.4) is 0 Å². The van der Waals surface area contributed by atoms with Crippen molar-refractivity contribution < 1.29 is 9.47 Å². The van der Waals surface area contributed by atoms with Gasteiger partial charge >= 0.3 is 0 Å². The van der Waals surface area contributed by atoms with Gasteiger partial charge in [0.05, 0.1) is 14.2 Å². The second-order valence-corrected chi connectivity index (χ2v) is 7.42. The van der Waals surface area contributed by atoms with E-state index in [2.05, 4.69) is 53.7 Å². The third kappa shape index (κ3) is 6.69. The summed E-state index contributed by atoms with van der Waals surface area (Å²) in [4.78, 5) is 11.4. The Bertz CT molecular complexity index is 785. The summed E-state index contributed by atoms with van der Waals surface area (Å²) in [7, 11) is 5.37. The van der Waals surface area contributed by atoms with Gasteiger partial charge in [-0.05, 0) is 37.0 Å². The number of aromatic nitrogens is 2. The molecule has 0 atom stereocenters. The van der Waals surface area contributed by atoms with E-state index in [0.29, 0.717) is 12.5 Å². The summed E-state index contributed by atoms with van der Waals surface area (Å²) in [5.74, 6) is 3.94. The van der Waals surface area contributed by atoms with Crippen LogP contribution in [-0.2, 0) is 19.5 Å². The molecule has 160 valence electrons. The molecule has 7 heteroatoms. The Balaban J connectivity index is 2.02. The third-order valence-corrected chi connectivity index (χ3v) is 4.61. The molecule has 29 heavy (non-hydrogen) atoms. The maximum atomic E-state index is 5.40. The Morgan fingerprint density at radius 2 is 2.00 bits per heavy atom. The lowest BCUT2D eigenvalue weighted by molar-refractivity contribution is 0.354. The number of nitrogens with one attached hydrogen (secondary N) is 1. The summed E-state index contributed by atoms with van der Waals surface area (Å²) in [6, 6.07) is 6.05. The average Bonchev–Trinajstić information content (AvgIpc) is 3.15. The van der Waals surface area contributed by atoms with E-state index >= 15 is 0 Å². The second kappa shape index (κ2) is 11.3. The van der Waals surface area contributed by atoms with Crippen LogP contribution in [-0.4, -0.2) is 54.8 Å². The molecule has 2 rings (SSSR count). The van der Waals surface area contributed by atoms with E-state index in [1.807, 2.05) is 24.5 Å². The number of nitrogens with zero attached hydrogens (tertiary/aromatic N) is 4. The highest BCUT2D eigenvalue weighted by Gasteiger charge is 2.10. The third-order valence-electron chi connectivity index (χ3n) is 4.61. The number of imidazole rings is 1. The smallest absolute Gasteiger partial charge is 0.194 e. The van der Waals surface area contributed by atoms with Gasteiger partial charge < -0.3 is 24.3 Å². The molecule has 0 aliphatic carbocycles. The maximum absolute atomic E-state index is 5.40. The Labute approximate surface area is 174 Å². The molecule has 1 heterocycles. The van der Waals surface area contributed by atoms with Crippen molar-refractivity contribution in [1.82, 2.24) is 19.8 Å². The zero-order valence-electron chi connectivity index (χ0n) is 18.6. The number of aliphatic imine (C=N–C) groups is 1. The number of likely N-dealkylation sites (N-methyl/N-ethyl adjacent to an activating group) is 1. The van der Waals surface area contributed by atoms with Gasteiger partial charge in [-0.15, -0.1) is 0 Å². The van der Waals surface area contributed by atoms with Gasteiger partial charge in [-0.3, -0.25) is 0 Å². The van der Waals surface area contributed by atoms with Gasteiger partial charge in [0.25, 0.3) is 0 Å². The fourth-order valence-electron chi connectivity index (χ4n) is 3.11. The molecule has 0 spiro atoms. The Hall–Kier alpha value is -2.70. The summed E-state index contributed by atoms with van der Waals surface area (Å²) in [6.45, 7) is 9.66. The van der Waals surface area contributed by atoms with Crippen LogP contribution >= 0.6 is 0 Å². The standard InChI is InChI=1S/C22H35N5O2/c1-7-23-22(25-15-21-24-11-13-27(21)16-17(2)3)26(4)12-10-18-8-9-19(28-5)20(14-18)29-6/h8-9,11,13-14,17H,7,10,12,15-16H2,1-6H3,(H,23,25). The highest BCUT2D eigenvalue weighted by Crippen LogP contribution is 2.27. The Morgan fingerprint density at radius 1 is 1.24 bits per heavy atom. The van der Waals surface area contributed by atoms with Crippen molar-refractivity contribution in [2.75, 3.05) is 34.4 Å². The summed E-state index contributed by atoms with van der Waals surface area (Å²) < 4.78 is 12.9. The maximum Gasteiger partial charge on any atom is 0.194 e. The van der Waals surface area contributed by atoms with Crippen molar-refractivity contribution in [1.29, 1.82) is 0 Å². The van der Waals surface area contributed by atoms with E-state index in [-0.39, 0.29) is 0 Å². The van der Waals surface area contributed by atoms with Gasteiger partial charge in [0, 0.05) is 39.1 Å². The van der Waals surface area contributed by atoms with Crippen LogP contribution in [0.25, 0.3) is 0 Å². The quantitative estimate of drug-likeness (QED) is 0.489. The molecule has 0 aliphatic rings. The van der Waals surface area contributed by atoms with E-state index in [9.17, 15) is 0 Å². The minimum Gasteiger partial charge on any atom is -0.493 e. The number of benzene rings is 1. The lowest BCUT2D eigenvalue weighted by atomic mass is 10.1. The number of methoxy groups -OCH3 is 2. The van der Waals surface area contributed by atoms with E-state index < -0.39 is 0 Å². The SMILES string of the molecule is CCNC(=NCc1nccn1CC(C)C)N(C)CCc1ccc(OC)c(OC)c1. The molecule has 0 unspecified atom stereocenters. The number of hydrogen-bond donors (Lipinski definition) is 1. The first-order valence-electron chi connectivity index (χ1n) is 10.2. The average molecular weight is 402 g/mol. The number of hydrogen-bond acceptors (Lipinski definition) is 4. The van der Waals surface area contributed by atoms with Crippen molar-refractivity contribution >= 4 is 5.96 Å². The van der Waals surface area contributed by atoms with Gasteiger partial charge in [0.2, 0.25) is 0 Å². The molecule has 1 N–H and O–H groups in total. The molecule has 0 bridgehead atoms. The fourth-order valence-corrected chi connectivity index (χ4v) is 3.11. The Morgan fingerprint density at radius 3 is 2.66 bits per heavy atom. The predicted octanol–water partition coefficient (Wildman–Crippen LogP) is 3.20. The molecular formula is C22H35N5O2. The topological polar surface area (TPSA) is 63.9 Å². The highest BCUT2D eigenvalue weighted by molar-refractivity contribution is 5.79. The molecule has 0 saturated heterocycles. The zero-order chi connectivity index (χ0) is 21.2. The van der Waals surface area contributed by atoms with E-state index in [1.165, 1.54) is 5.56 Å². The monoisotopic (exact) mass is 401 g/mol. The van der Waals surface area contributed by atoms with Crippen LogP contribution in [0.15, 0.2) is 35.6 Å². The molecule has 0 radical (unpaired) electrons. The van der Waals surface area contributed by atoms with Crippen molar-refractivity contribution in [3.05, 3.63) is 42.0 Å². The van der Waals surface area contributed by atoms with Crippen LogP contribution in [0.5, 0.6) is 11.5 Å². The number of rotatable bonds is 10. The molecule has 0 saturated carbocycles. The minimum absolute atomic E-state index is 0.558. The first-order chi connectivity index (χ1) is 14.0. The highest BCUT2D eigenvalue weighted by atomic mass is 16.5. The molecule has 0 amide bonds. The van der Waals surface area contributed by atoms with Gasteiger partial charge in [-0.25, -0.2) is 9.98 Å². The van der Waals surface area contributed by atoms with Gasteiger partial charge in [-0.1, -0.05) is 19.9 Å². The fraction of sp³-hybridized carbons (Fsp3) is 0.545. The van der Waals surface area contributed by atoms with Crippen molar-refractivity contribution in [2.45, 2.75) is 40.3 Å². The van der Waals surface area contributed by atoms with Gasteiger partial charge in [0.15, 0.2) is 17.5 Å². The second-order valence-electron chi connectivity index (χ2n) is 7.42. The first kappa shape index (κ1) is 22.6. The van der Waals surface area contributed by atoms with Crippen LogP contribution in [0.2, 0.25) is 0 Å². The molecular weight excluding hydrogens is 366 g/mol. The Kier molecular flexibility index (Phi) is 8.83. The summed E-state index contributed by atoms with van der Waals surface area (Å²) >= 11 is 0. The summed E-state index contributed by atoms with van der Waals surface area (Å²) in [6.07, 6.45) is 4.75. The predicted molar refractivity (Wildman–Crippen MR) is 118 cm³/mol. The van der Waals surface area contributed by atoms with Crippen LogP contribution in [0, 0.1) is 5.92 Å². The lowest BCUT2D eigenvalue weighted by Crippen LogP contribution is -2.40. The van der Waals surface area contributed by atoms with Crippen molar-refractivity contribution in [2.24, 2.45) is 10.9 Å². The first-order valence-corrected chi connectivity index (χ1v) is 10.2. The molecule has 0 aliphatic heterocycles. The molecule has 0 fully saturated rings. The van der Waals surface area contributed by atoms with Crippen LogP contribution in [0.1, 0.15) is 32.2 Å². The van der Waals surface area contributed by atoms with E-state index in [1.54, 1.807) is 14.2 Å². The summed E-state index contributed by atoms with van der Waals surface area (Å²) in [5, 5.41) is 3.38. The largest absolute Gasteiger partial charge is 0.493 e. The van der Waals surface area contributed by atoms with E-state index in [4.69, 9.17) is 14.5 Å². The van der Waals surface area contributed by atoms with Crippen molar-refractivity contribution in [3.8, 4) is 11.5 Å². The minimum atomic E-state index is 0.558. The molecule has 2 aromatic rings. The molecule has 7 nitrogen and oxygen atoms in total. The zero-order valence-corrected chi connectivity index (χ0v) is 18.6. The number of ether oxygens (including phenoxy) is 2. The molecule has 1 aromatic heterocycles. The van der Waals surface area contributed by atoms with Crippen LogP contribution < -0.4 is 14.8 Å².